The average molecular weight is 395 g/mol. The molecular weight excluding hydrogens is 370 g/mol. The lowest BCUT2D eigenvalue weighted by atomic mass is 10.1. The molecule has 7 heteroatoms. The van der Waals surface area contributed by atoms with E-state index in [-0.39, 0.29) is 25.0 Å². The molecule has 152 valence electrons. The Balaban J connectivity index is 1.26. The van der Waals surface area contributed by atoms with Gasteiger partial charge in [-0.1, -0.05) is 24.3 Å². The number of ether oxygens (including phenoxy) is 2. The Kier molecular flexibility index (Phi) is 5.67. The Bertz CT molecular complexity index is 879. The van der Waals surface area contributed by atoms with E-state index in [1.807, 2.05) is 48.5 Å². The Labute approximate surface area is 170 Å². The summed E-state index contributed by atoms with van der Waals surface area (Å²) in [6.07, 6.45) is -0.104. The van der Waals surface area contributed by atoms with E-state index in [1.165, 1.54) is 4.90 Å². The highest BCUT2D eigenvalue weighted by atomic mass is 16.7. The second-order valence-electron chi connectivity index (χ2n) is 7.31. The molecule has 2 amide bonds. The fourth-order valence-electron chi connectivity index (χ4n) is 3.61. The van der Waals surface area contributed by atoms with Crippen LogP contribution in [0.15, 0.2) is 48.5 Å². The van der Waals surface area contributed by atoms with Crippen molar-refractivity contribution in [3.63, 3.8) is 0 Å². The summed E-state index contributed by atoms with van der Waals surface area (Å²) in [4.78, 5) is 30.6. The zero-order valence-electron chi connectivity index (χ0n) is 16.5. The summed E-state index contributed by atoms with van der Waals surface area (Å²) in [5.74, 6) is 1.27. The molecule has 0 bridgehead atoms. The number of fused-ring (bicyclic) bond motifs is 1. The third-order valence-corrected chi connectivity index (χ3v) is 5.39. The minimum Gasteiger partial charge on any atom is -0.454 e. The first-order chi connectivity index (χ1) is 14.1. The van der Waals surface area contributed by atoms with E-state index in [0.29, 0.717) is 13.1 Å². The lowest BCUT2D eigenvalue weighted by Gasteiger charge is -2.35. The molecule has 0 N–H and O–H groups in total. The van der Waals surface area contributed by atoms with Gasteiger partial charge in [0.1, 0.15) is 6.42 Å². The van der Waals surface area contributed by atoms with Crippen molar-refractivity contribution in [2.75, 3.05) is 44.9 Å². The number of rotatable bonds is 5. The number of para-hydroxylation sites is 1. The van der Waals surface area contributed by atoms with E-state index in [9.17, 15) is 9.59 Å². The summed E-state index contributed by atoms with van der Waals surface area (Å²) in [7, 11) is 1.70. The van der Waals surface area contributed by atoms with Crippen LogP contribution in [0.2, 0.25) is 0 Å². The Hall–Kier alpha value is -3.06. The molecule has 0 spiro atoms. The average Bonchev–Trinajstić information content (AvgIpc) is 3.22. The van der Waals surface area contributed by atoms with Crippen LogP contribution in [0.3, 0.4) is 0 Å². The first-order valence-corrected chi connectivity index (χ1v) is 9.80. The molecule has 4 rings (SSSR count). The molecule has 29 heavy (non-hydrogen) atoms. The van der Waals surface area contributed by atoms with Crippen LogP contribution in [0.5, 0.6) is 11.5 Å². The van der Waals surface area contributed by atoms with Gasteiger partial charge in [0, 0.05) is 45.5 Å². The van der Waals surface area contributed by atoms with Crippen LogP contribution in [0, 0.1) is 0 Å². The monoisotopic (exact) mass is 395 g/mol. The summed E-state index contributed by atoms with van der Waals surface area (Å²) >= 11 is 0. The second-order valence-corrected chi connectivity index (χ2v) is 7.31. The highest BCUT2D eigenvalue weighted by Crippen LogP contribution is 2.32. The van der Waals surface area contributed by atoms with Crippen molar-refractivity contribution in [3.05, 3.63) is 54.1 Å². The van der Waals surface area contributed by atoms with Crippen molar-refractivity contribution in [1.82, 2.24) is 9.80 Å². The predicted octanol–water partition coefficient (Wildman–Crippen LogP) is 2.11. The van der Waals surface area contributed by atoms with Crippen LogP contribution in [0.4, 0.5) is 5.69 Å². The van der Waals surface area contributed by atoms with Gasteiger partial charge in [0.25, 0.3) is 0 Å². The van der Waals surface area contributed by atoms with Crippen LogP contribution in [0.25, 0.3) is 0 Å². The molecule has 2 aromatic rings. The van der Waals surface area contributed by atoms with Crippen molar-refractivity contribution in [2.45, 2.75) is 13.0 Å². The number of anilines is 1. The number of hydrogen-bond donors (Lipinski definition) is 0. The standard InChI is InChI=1S/C22H25N3O4/c1-23(18-5-3-2-4-6-18)21(26)14-22(27)25-11-9-24(10-12-25)15-17-7-8-19-20(13-17)29-16-28-19/h2-8,13H,9-12,14-16H2,1H3. The van der Waals surface area contributed by atoms with Gasteiger partial charge in [0.15, 0.2) is 11.5 Å². The molecule has 1 fully saturated rings. The molecule has 7 nitrogen and oxygen atoms in total. The molecule has 2 aliphatic rings. The first-order valence-electron chi connectivity index (χ1n) is 9.80. The second kappa shape index (κ2) is 8.53. The molecular formula is C22H25N3O4. The number of hydrogen-bond acceptors (Lipinski definition) is 5. The topological polar surface area (TPSA) is 62.3 Å². The van der Waals surface area contributed by atoms with Gasteiger partial charge in [-0.2, -0.15) is 0 Å². The molecule has 2 heterocycles. The zero-order chi connectivity index (χ0) is 20.2. The van der Waals surface area contributed by atoms with Gasteiger partial charge in [-0.05, 0) is 29.8 Å². The molecule has 2 aromatic carbocycles. The van der Waals surface area contributed by atoms with Crippen LogP contribution >= 0.6 is 0 Å². The number of nitrogens with zero attached hydrogens (tertiary/aromatic N) is 3. The molecule has 0 atom stereocenters. The third-order valence-electron chi connectivity index (χ3n) is 5.39. The highest BCUT2D eigenvalue weighted by Gasteiger charge is 2.24. The third kappa shape index (κ3) is 4.51. The van der Waals surface area contributed by atoms with E-state index in [1.54, 1.807) is 11.9 Å². The smallest absolute Gasteiger partial charge is 0.236 e. The van der Waals surface area contributed by atoms with Crippen LogP contribution in [-0.2, 0) is 16.1 Å². The molecule has 0 saturated carbocycles. The van der Waals surface area contributed by atoms with Gasteiger partial charge in [-0.25, -0.2) is 0 Å². The van der Waals surface area contributed by atoms with Crippen LogP contribution in [0.1, 0.15) is 12.0 Å². The van der Waals surface area contributed by atoms with Crippen molar-refractivity contribution in [3.8, 4) is 11.5 Å². The van der Waals surface area contributed by atoms with E-state index in [0.717, 1.165) is 42.4 Å². The Morgan fingerprint density at radius 1 is 0.966 bits per heavy atom. The molecule has 0 aliphatic carbocycles. The van der Waals surface area contributed by atoms with Crippen molar-refractivity contribution in [2.24, 2.45) is 0 Å². The maximum absolute atomic E-state index is 12.6. The van der Waals surface area contributed by atoms with E-state index in [2.05, 4.69) is 4.90 Å². The fraction of sp³-hybridized carbons (Fsp3) is 0.364. The zero-order valence-corrected chi connectivity index (χ0v) is 16.5. The maximum atomic E-state index is 12.6. The molecule has 0 radical (unpaired) electrons. The van der Waals surface area contributed by atoms with Crippen LogP contribution in [-0.4, -0.2) is 61.6 Å². The maximum Gasteiger partial charge on any atom is 0.236 e. The predicted molar refractivity (Wildman–Crippen MR) is 109 cm³/mol. The van der Waals surface area contributed by atoms with Crippen LogP contribution < -0.4 is 14.4 Å². The Morgan fingerprint density at radius 3 is 2.45 bits per heavy atom. The van der Waals surface area contributed by atoms with Crippen molar-refractivity contribution < 1.29 is 19.1 Å². The normalized spacial score (nSPS) is 16.0. The van der Waals surface area contributed by atoms with E-state index in [4.69, 9.17) is 9.47 Å². The lowest BCUT2D eigenvalue weighted by molar-refractivity contribution is -0.136. The van der Waals surface area contributed by atoms with Crippen molar-refractivity contribution in [1.29, 1.82) is 0 Å². The number of carbonyl (C=O) groups excluding carboxylic acids is 2. The van der Waals surface area contributed by atoms with Gasteiger partial charge < -0.3 is 19.3 Å². The van der Waals surface area contributed by atoms with Gasteiger partial charge in [0.05, 0.1) is 0 Å². The number of amides is 2. The number of piperazine rings is 1. The summed E-state index contributed by atoms with van der Waals surface area (Å²) in [5.41, 5.74) is 1.95. The van der Waals surface area contributed by atoms with E-state index >= 15 is 0 Å². The molecule has 1 saturated heterocycles. The summed E-state index contributed by atoms with van der Waals surface area (Å²) in [5, 5.41) is 0. The summed E-state index contributed by atoms with van der Waals surface area (Å²) in [6.45, 7) is 3.90. The molecule has 0 unspecified atom stereocenters. The minimum atomic E-state index is -0.191. The SMILES string of the molecule is CN(C(=O)CC(=O)N1CCN(Cc2ccc3c(c2)OCO3)CC1)c1ccccc1. The Morgan fingerprint density at radius 2 is 1.69 bits per heavy atom. The van der Waals surface area contributed by atoms with E-state index < -0.39 is 0 Å². The first kappa shape index (κ1) is 19.3. The number of benzene rings is 2. The van der Waals surface area contributed by atoms with Crippen molar-refractivity contribution >= 4 is 17.5 Å². The molecule has 0 aromatic heterocycles. The number of carbonyl (C=O) groups is 2. The molecule has 2 aliphatic heterocycles. The van der Waals surface area contributed by atoms with Gasteiger partial charge in [-0.15, -0.1) is 0 Å². The fourth-order valence-corrected chi connectivity index (χ4v) is 3.61. The highest BCUT2D eigenvalue weighted by molar-refractivity contribution is 6.04. The quantitative estimate of drug-likeness (QED) is 0.726. The van der Waals surface area contributed by atoms with Gasteiger partial charge >= 0.3 is 0 Å². The largest absolute Gasteiger partial charge is 0.454 e. The minimum absolute atomic E-state index is 0.104. The van der Waals surface area contributed by atoms with Gasteiger partial charge in [-0.3, -0.25) is 14.5 Å². The van der Waals surface area contributed by atoms with Gasteiger partial charge in [0.2, 0.25) is 18.6 Å². The summed E-state index contributed by atoms with van der Waals surface area (Å²) in [6, 6.07) is 15.4. The summed E-state index contributed by atoms with van der Waals surface area (Å²) < 4.78 is 10.8. The lowest BCUT2D eigenvalue weighted by Crippen LogP contribution is -2.49.